The van der Waals surface area contributed by atoms with Crippen LogP contribution in [0.25, 0.3) is 0 Å². The molecule has 0 heterocycles. The fourth-order valence-corrected chi connectivity index (χ4v) is 4.94. The molecule has 0 N–H and O–H groups in total. The van der Waals surface area contributed by atoms with Crippen molar-refractivity contribution in [2.75, 3.05) is 41.0 Å². The van der Waals surface area contributed by atoms with Gasteiger partial charge in [0.1, 0.15) is 12.6 Å². The van der Waals surface area contributed by atoms with E-state index in [1.165, 1.54) is 12.8 Å². The van der Waals surface area contributed by atoms with Gasteiger partial charge in [-0.15, -0.1) is 0 Å². The molecule has 0 aromatic heterocycles. The SMILES string of the molecule is CC/C=C/C/C=C/C/C=C/C/C=C/CCCCCCCCC(=O)OC(COCCC(C(=O)[O-])[N+](C)(C)C)COC(=O)CC/C=C/C/C=C/CC. The number of aliphatic carboxylic acids is 1. The lowest BCUT2D eigenvalue weighted by Crippen LogP contribution is -2.55. The van der Waals surface area contributed by atoms with Gasteiger partial charge in [0.2, 0.25) is 0 Å². The molecule has 0 radical (unpaired) electrons. The molecule has 0 saturated carbocycles. The number of quaternary nitrogens is 1. The number of carboxylic acids is 1. The fourth-order valence-electron chi connectivity index (χ4n) is 4.94. The molecule has 0 aliphatic carbocycles. The Kier molecular flexibility index (Phi) is 30.8. The summed E-state index contributed by atoms with van der Waals surface area (Å²) in [7, 11) is 5.36. The van der Waals surface area contributed by atoms with Gasteiger partial charge >= 0.3 is 11.9 Å². The number of carbonyl (C=O) groups excluding carboxylic acids is 3. The summed E-state index contributed by atoms with van der Waals surface area (Å²) in [4.78, 5) is 36.5. The van der Waals surface area contributed by atoms with E-state index in [0.29, 0.717) is 6.42 Å². The highest BCUT2D eigenvalue weighted by Gasteiger charge is 2.25. The molecular weight excluding hydrogens is 630 g/mol. The molecule has 2 atom stereocenters. The third-order valence-corrected chi connectivity index (χ3v) is 7.85. The first-order chi connectivity index (χ1) is 24.1. The molecule has 284 valence electrons. The Labute approximate surface area is 304 Å². The molecule has 0 aromatic carbocycles. The van der Waals surface area contributed by atoms with Crippen LogP contribution < -0.4 is 5.11 Å². The number of allylic oxidation sites excluding steroid dienone is 12. The van der Waals surface area contributed by atoms with Crippen LogP contribution in [0, 0.1) is 0 Å². The summed E-state index contributed by atoms with van der Waals surface area (Å²) in [5.41, 5.74) is 0. The predicted molar refractivity (Wildman–Crippen MR) is 203 cm³/mol. The molecule has 0 bridgehead atoms. The molecule has 0 aromatic rings. The average molecular weight is 700 g/mol. The monoisotopic (exact) mass is 700 g/mol. The van der Waals surface area contributed by atoms with Gasteiger partial charge in [-0.2, -0.15) is 0 Å². The van der Waals surface area contributed by atoms with E-state index >= 15 is 0 Å². The van der Waals surface area contributed by atoms with Crippen LogP contribution in [0.1, 0.15) is 123 Å². The van der Waals surface area contributed by atoms with E-state index in [-0.39, 0.29) is 55.5 Å². The molecule has 0 rings (SSSR count). The smallest absolute Gasteiger partial charge is 0.306 e. The summed E-state index contributed by atoms with van der Waals surface area (Å²) in [5.74, 6) is -1.86. The minimum absolute atomic E-state index is 0.0128. The first kappa shape index (κ1) is 46.8. The van der Waals surface area contributed by atoms with Crippen LogP contribution in [0.4, 0.5) is 0 Å². The van der Waals surface area contributed by atoms with Crippen LogP contribution in [0.5, 0.6) is 0 Å². The van der Waals surface area contributed by atoms with E-state index in [4.69, 9.17) is 14.2 Å². The number of carboxylic acid groups (broad SMARTS) is 1. The summed E-state index contributed by atoms with van der Waals surface area (Å²) in [6.45, 7) is 4.28. The van der Waals surface area contributed by atoms with Crippen LogP contribution in [-0.4, -0.2) is 75.5 Å². The Morgan fingerprint density at radius 3 is 1.64 bits per heavy atom. The predicted octanol–water partition coefficient (Wildman–Crippen LogP) is 8.29. The molecule has 8 nitrogen and oxygen atoms in total. The highest BCUT2D eigenvalue weighted by Crippen LogP contribution is 2.12. The second-order valence-electron chi connectivity index (χ2n) is 13.4. The van der Waals surface area contributed by atoms with Gasteiger partial charge in [-0.1, -0.05) is 112 Å². The van der Waals surface area contributed by atoms with Crippen LogP contribution >= 0.6 is 0 Å². The standard InChI is InChI=1S/C42H69NO7/c1-6-8-10-12-14-15-16-17-18-19-20-21-22-23-24-25-27-29-31-33-41(45)50-38(36-48-35-34-39(42(46)47)43(3,4)5)37-49-40(44)32-30-28-26-13-11-9-7-2/h8-11,14-15,17-18,20-21,26,28,38-39H,6-7,12-13,16,19,22-25,27,29-37H2,1-5H3/b10-8+,11-9+,15-14+,18-17+,21-20+,28-26+. The highest BCUT2D eigenvalue weighted by atomic mass is 16.6. The van der Waals surface area contributed by atoms with Crippen molar-refractivity contribution in [3.05, 3.63) is 72.9 Å². The number of hydrogen-bond donors (Lipinski definition) is 0. The summed E-state index contributed by atoms with van der Waals surface area (Å²) >= 11 is 0. The van der Waals surface area contributed by atoms with Gasteiger partial charge in [0.05, 0.1) is 40.3 Å². The molecule has 50 heavy (non-hydrogen) atoms. The minimum Gasteiger partial charge on any atom is -0.544 e. The Morgan fingerprint density at radius 1 is 0.600 bits per heavy atom. The van der Waals surface area contributed by atoms with Gasteiger partial charge < -0.3 is 28.6 Å². The molecule has 0 aliphatic rings. The maximum atomic E-state index is 12.6. The van der Waals surface area contributed by atoms with Crippen molar-refractivity contribution >= 4 is 17.9 Å². The van der Waals surface area contributed by atoms with Gasteiger partial charge in [-0.25, -0.2) is 0 Å². The summed E-state index contributed by atoms with van der Waals surface area (Å²) < 4.78 is 16.9. The van der Waals surface area contributed by atoms with Crippen molar-refractivity contribution < 1.29 is 38.2 Å². The molecule has 0 amide bonds. The van der Waals surface area contributed by atoms with Gasteiger partial charge in [0.25, 0.3) is 0 Å². The van der Waals surface area contributed by atoms with E-state index in [1.807, 2.05) is 12.2 Å². The zero-order chi connectivity index (χ0) is 37.1. The lowest BCUT2D eigenvalue weighted by Gasteiger charge is -2.34. The maximum Gasteiger partial charge on any atom is 0.306 e. The third kappa shape index (κ3) is 30.8. The lowest BCUT2D eigenvalue weighted by molar-refractivity contribution is -0.889. The molecular formula is C42H69NO7. The quantitative estimate of drug-likeness (QED) is 0.0301. The zero-order valence-corrected chi connectivity index (χ0v) is 32.0. The van der Waals surface area contributed by atoms with Crippen molar-refractivity contribution in [2.24, 2.45) is 0 Å². The average Bonchev–Trinajstić information content (AvgIpc) is 3.06. The minimum atomic E-state index is -1.14. The molecule has 0 saturated heterocycles. The van der Waals surface area contributed by atoms with Gasteiger partial charge in [-0.3, -0.25) is 9.59 Å². The third-order valence-electron chi connectivity index (χ3n) is 7.85. The Hall–Kier alpha value is -3.23. The van der Waals surface area contributed by atoms with Crippen LogP contribution in [0.3, 0.4) is 0 Å². The second-order valence-corrected chi connectivity index (χ2v) is 13.4. The molecule has 0 fully saturated rings. The first-order valence-corrected chi connectivity index (χ1v) is 19.0. The molecule has 0 aliphatic heterocycles. The van der Waals surface area contributed by atoms with Gasteiger partial charge in [0.15, 0.2) is 6.10 Å². The van der Waals surface area contributed by atoms with Crippen molar-refractivity contribution in [1.29, 1.82) is 0 Å². The number of nitrogens with zero attached hydrogens (tertiary/aromatic N) is 1. The van der Waals surface area contributed by atoms with E-state index in [9.17, 15) is 19.5 Å². The largest absolute Gasteiger partial charge is 0.544 e. The number of ether oxygens (including phenoxy) is 3. The van der Waals surface area contributed by atoms with Crippen molar-refractivity contribution in [2.45, 2.75) is 135 Å². The number of hydrogen-bond acceptors (Lipinski definition) is 7. The zero-order valence-electron chi connectivity index (χ0n) is 32.0. The molecule has 0 spiro atoms. The first-order valence-electron chi connectivity index (χ1n) is 19.0. The molecule has 8 heteroatoms. The second kappa shape index (κ2) is 32.9. The van der Waals surface area contributed by atoms with Gasteiger partial charge in [-0.05, 0) is 64.2 Å². The number of esters is 2. The van der Waals surface area contributed by atoms with E-state index < -0.39 is 18.1 Å². The van der Waals surface area contributed by atoms with Crippen LogP contribution in [0.2, 0.25) is 0 Å². The van der Waals surface area contributed by atoms with Gasteiger partial charge in [0, 0.05) is 19.3 Å². The Balaban J connectivity index is 4.40. The maximum absolute atomic E-state index is 12.6. The Bertz CT molecular complexity index is 1050. The van der Waals surface area contributed by atoms with E-state index in [2.05, 4.69) is 74.6 Å². The fraction of sp³-hybridized carbons (Fsp3) is 0.643. The van der Waals surface area contributed by atoms with E-state index in [1.54, 1.807) is 21.1 Å². The van der Waals surface area contributed by atoms with Crippen LogP contribution in [-0.2, 0) is 28.6 Å². The van der Waals surface area contributed by atoms with E-state index in [0.717, 1.165) is 70.6 Å². The number of rotatable bonds is 32. The number of unbranched alkanes of at least 4 members (excludes halogenated alkanes) is 6. The molecule has 2 unspecified atom stereocenters. The number of carbonyl (C=O) groups is 3. The Morgan fingerprint density at radius 2 is 1.10 bits per heavy atom. The van der Waals surface area contributed by atoms with Crippen molar-refractivity contribution in [3.8, 4) is 0 Å². The van der Waals surface area contributed by atoms with Crippen LogP contribution in [0.15, 0.2) is 72.9 Å². The highest BCUT2D eigenvalue weighted by molar-refractivity contribution is 5.70. The summed E-state index contributed by atoms with van der Waals surface area (Å²) in [5, 5.41) is 11.6. The van der Waals surface area contributed by atoms with Crippen molar-refractivity contribution in [1.82, 2.24) is 0 Å². The van der Waals surface area contributed by atoms with Crippen molar-refractivity contribution in [3.63, 3.8) is 0 Å². The number of likely N-dealkylation sites (N-methyl/N-ethyl adjacent to an activating group) is 1. The summed E-state index contributed by atoms with van der Waals surface area (Å²) in [6.07, 6.45) is 39.7. The summed E-state index contributed by atoms with van der Waals surface area (Å²) in [6, 6.07) is -0.737. The lowest BCUT2D eigenvalue weighted by atomic mass is 10.1. The topological polar surface area (TPSA) is 102 Å². The normalized spacial score (nSPS) is 13.9.